The smallest absolute Gasteiger partial charge is 0.323 e. The molecule has 1 saturated heterocycles. The monoisotopic (exact) mass is 192 g/mol. The summed E-state index contributed by atoms with van der Waals surface area (Å²) in [6.45, 7) is 0. The average molecular weight is 192 g/mol. The molecule has 0 radical (unpaired) electrons. The number of esters is 2. The van der Waals surface area contributed by atoms with E-state index < -0.39 is 11.9 Å². The average Bonchev–Trinajstić information content (AvgIpc) is 2.02. The summed E-state index contributed by atoms with van der Waals surface area (Å²) in [6, 6.07) is 0. The summed E-state index contributed by atoms with van der Waals surface area (Å²) < 4.78 is 4.45. The van der Waals surface area contributed by atoms with E-state index >= 15 is 0 Å². The largest absolute Gasteiger partial charge is 0.392 e. The van der Waals surface area contributed by atoms with Crippen LogP contribution in [0.25, 0.3) is 0 Å². The molecular formula is C6H8O3S2. The van der Waals surface area contributed by atoms with E-state index in [-0.39, 0.29) is 0 Å². The fourth-order valence-corrected chi connectivity index (χ4v) is 2.30. The van der Waals surface area contributed by atoms with Crippen molar-refractivity contribution in [1.82, 2.24) is 0 Å². The first-order valence-electron chi connectivity index (χ1n) is 3.18. The summed E-state index contributed by atoms with van der Waals surface area (Å²) in [5, 5.41) is 0. The lowest BCUT2D eigenvalue weighted by Crippen LogP contribution is -2.14. The van der Waals surface area contributed by atoms with Gasteiger partial charge in [-0.1, -0.05) is 0 Å². The predicted molar refractivity (Wildman–Crippen MR) is 45.7 cm³/mol. The molecule has 0 saturated carbocycles. The molecule has 0 aliphatic carbocycles. The molecule has 0 spiro atoms. The van der Waals surface area contributed by atoms with Crippen molar-refractivity contribution in [2.75, 3.05) is 23.0 Å². The molecule has 1 rings (SSSR count). The zero-order valence-electron chi connectivity index (χ0n) is 5.87. The molecule has 0 aromatic rings. The summed E-state index contributed by atoms with van der Waals surface area (Å²) in [6.07, 6.45) is 0. The lowest BCUT2D eigenvalue weighted by Gasteiger charge is -1.96. The maximum absolute atomic E-state index is 10.7. The van der Waals surface area contributed by atoms with Gasteiger partial charge in [-0.25, -0.2) is 0 Å². The lowest BCUT2D eigenvalue weighted by atomic mass is 10.7. The summed E-state index contributed by atoms with van der Waals surface area (Å²) in [5.41, 5.74) is 0. The van der Waals surface area contributed by atoms with Crippen LogP contribution in [0.4, 0.5) is 0 Å². The Kier molecular flexibility index (Phi) is 3.79. The Balaban J connectivity index is 2.39. The van der Waals surface area contributed by atoms with Crippen molar-refractivity contribution in [1.29, 1.82) is 0 Å². The quantitative estimate of drug-likeness (QED) is 0.414. The molecule has 0 aromatic heterocycles. The van der Waals surface area contributed by atoms with E-state index in [0.29, 0.717) is 11.5 Å². The van der Waals surface area contributed by atoms with Crippen LogP contribution in [-0.4, -0.2) is 35.0 Å². The van der Waals surface area contributed by atoms with Gasteiger partial charge in [-0.3, -0.25) is 9.59 Å². The normalized spacial score (nSPS) is 21.5. The number of carbonyl (C=O) groups is 2. The summed E-state index contributed by atoms with van der Waals surface area (Å²) >= 11 is 3.01. The van der Waals surface area contributed by atoms with E-state index in [9.17, 15) is 9.59 Å². The second kappa shape index (κ2) is 4.66. The van der Waals surface area contributed by atoms with Gasteiger partial charge in [0.2, 0.25) is 0 Å². The molecule has 0 aromatic carbocycles. The highest BCUT2D eigenvalue weighted by atomic mass is 32.2. The van der Waals surface area contributed by atoms with Gasteiger partial charge in [-0.05, 0) is 0 Å². The van der Waals surface area contributed by atoms with E-state index in [1.807, 2.05) is 0 Å². The number of carbonyl (C=O) groups excluding carboxylic acids is 2. The van der Waals surface area contributed by atoms with Crippen LogP contribution < -0.4 is 0 Å². The van der Waals surface area contributed by atoms with Crippen LogP contribution in [0.15, 0.2) is 0 Å². The first kappa shape index (κ1) is 8.93. The van der Waals surface area contributed by atoms with Crippen molar-refractivity contribution in [3.63, 3.8) is 0 Å². The van der Waals surface area contributed by atoms with Crippen LogP contribution in [0.3, 0.4) is 0 Å². The Morgan fingerprint density at radius 1 is 1.00 bits per heavy atom. The highest BCUT2D eigenvalue weighted by Gasteiger charge is 2.12. The third-order valence-corrected chi connectivity index (χ3v) is 3.16. The lowest BCUT2D eigenvalue weighted by molar-refractivity contribution is -0.155. The Labute approximate surface area is 73.2 Å². The van der Waals surface area contributed by atoms with Gasteiger partial charge in [-0.15, -0.1) is 23.5 Å². The molecule has 5 heteroatoms. The molecule has 11 heavy (non-hydrogen) atoms. The maximum Gasteiger partial charge on any atom is 0.323 e. The van der Waals surface area contributed by atoms with E-state index in [1.165, 1.54) is 23.5 Å². The maximum atomic E-state index is 10.7. The predicted octanol–water partition coefficient (Wildman–Crippen LogP) is 0.536. The molecule has 1 aliphatic heterocycles. The molecule has 0 N–H and O–H groups in total. The van der Waals surface area contributed by atoms with E-state index in [4.69, 9.17) is 0 Å². The number of rotatable bonds is 0. The highest BCUT2D eigenvalue weighted by Crippen LogP contribution is 2.10. The fourth-order valence-electron chi connectivity index (χ4n) is 0.615. The van der Waals surface area contributed by atoms with Crippen LogP contribution >= 0.6 is 23.5 Å². The van der Waals surface area contributed by atoms with Crippen LogP contribution in [-0.2, 0) is 14.3 Å². The van der Waals surface area contributed by atoms with Gasteiger partial charge >= 0.3 is 11.9 Å². The highest BCUT2D eigenvalue weighted by molar-refractivity contribution is 8.03. The van der Waals surface area contributed by atoms with Crippen molar-refractivity contribution in [2.24, 2.45) is 0 Å². The van der Waals surface area contributed by atoms with E-state index in [1.54, 1.807) is 0 Å². The minimum absolute atomic E-state index is 0.298. The molecule has 3 nitrogen and oxygen atoms in total. The number of thioether (sulfide) groups is 2. The second-order valence-corrected chi connectivity index (χ2v) is 4.16. The Hall–Kier alpha value is -0.160. The van der Waals surface area contributed by atoms with Crippen LogP contribution in [0.2, 0.25) is 0 Å². The van der Waals surface area contributed by atoms with E-state index in [2.05, 4.69) is 4.74 Å². The third-order valence-electron chi connectivity index (χ3n) is 1.04. The van der Waals surface area contributed by atoms with Crippen molar-refractivity contribution in [2.45, 2.75) is 0 Å². The minimum Gasteiger partial charge on any atom is -0.392 e. The molecular weight excluding hydrogens is 184 g/mol. The van der Waals surface area contributed by atoms with E-state index in [0.717, 1.165) is 11.5 Å². The van der Waals surface area contributed by atoms with Gasteiger partial charge in [-0.2, -0.15) is 0 Å². The fraction of sp³-hybridized carbons (Fsp3) is 0.667. The molecule has 0 unspecified atom stereocenters. The Morgan fingerprint density at radius 2 is 1.45 bits per heavy atom. The molecule has 0 atom stereocenters. The zero-order chi connectivity index (χ0) is 8.10. The molecule has 1 heterocycles. The SMILES string of the molecule is O=C1CSCCSCC(=O)O1. The van der Waals surface area contributed by atoms with Crippen molar-refractivity contribution < 1.29 is 14.3 Å². The van der Waals surface area contributed by atoms with Crippen molar-refractivity contribution in [3.8, 4) is 0 Å². The van der Waals surface area contributed by atoms with Gasteiger partial charge in [0.15, 0.2) is 0 Å². The van der Waals surface area contributed by atoms with Gasteiger partial charge in [0, 0.05) is 11.5 Å². The third kappa shape index (κ3) is 3.67. The second-order valence-electron chi connectivity index (χ2n) is 1.95. The Bertz CT molecular complexity index is 151. The van der Waals surface area contributed by atoms with Crippen molar-refractivity contribution >= 4 is 35.5 Å². The molecule has 0 bridgehead atoms. The number of hydrogen-bond donors (Lipinski definition) is 0. The van der Waals surface area contributed by atoms with Gasteiger partial charge < -0.3 is 4.74 Å². The number of ether oxygens (including phenoxy) is 1. The number of hydrogen-bond acceptors (Lipinski definition) is 5. The Morgan fingerprint density at radius 3 is 1.91 bits per heavy atom. The number of cyclic esters (lactones) is 2. The zero-order valence-corrected chi connectivity index (χ0v) is 7.50. The minimum atomic E-state index is -0.414. The van der Waals surface area contributed by atoms with Crippen LogP contribution in [0, 0.1) is 0 Å². The van der Waals surface area contributed by atoms with Crippen LogP contribution in [0.1, 0.15) is 0 Å². The summed E-state index contributed by atoms with van der Waals surface area (Å²) in [5.74, 6) is 1.59. The van der Waals surface area contributed by atoms with Gasteiger partial charge in [0.1, 0.15) is 0 Å². The molecule has 62 valence electrons. The van der Waals surface area contributed by atoms with Gasteiger partial charge in [0.05, 0.1) is 11.5 Å². The molecule has 0 amide bonds. The standard InChI is InChI=1S/C6H8O3S2/c7-5-3-10-1-2-11-4-6(8)9-5/h1-4H2. The molecule has 1 aliphatic rings. The first-order valence-corrected chi connectivity index (χ1v) is 5.49. The van der Waals surface area contributed by atoms with Gasteiger partial charge in [0.25, 0.3) is 0 Å². The molecule has 1 fully saturated rings. The summed E-state index contributed by atoms with van der Waals surface area (Å²) in [4.78, 5) is 21.5. The topological polar surface area (TPSA) is 43.4 Å². The van der Waals surface area contributed by atoms with Crippen LogP contribution in [0.5, 0.6) is 0 Å². The summed E-state index contributed by atoms with van der Waals surface area (Å²) in [7, 11) is 0. The first-order chi connectivity index (χ1) is 5.29. The van der Waals surface area contributed by atoms with Crippen molar-refractivity contribution in [3.05, 3.63) is 0 Å².